The Bertz CT molecular complexity index is 950. The van der Waals surface area contributed by atoms with E-state index in [1.807, 2.05) is 18.2 Å². The highest BCUT2D eigenvalue weighted by Crippen LogP contribution is 2.27. The molecule has 0 saturated carbocycles. The fourth-order valence-electron chi connectivity index (χ4n) is 1.92. The lowest BCUT2D eigenvalue weighted by molar-refractivity contribution is 0.601. The van der Waals surface area contributed by atoms with Crippen molar-refractivity contribution in [3.63, 3.8) is 0 Å². The summed E-state index contributed by atoms with van der Waals surface area (Å²) < 4.78 is 27.4. The van der Waals surface area contributed by atoms with Crippen molar-refractivity contribution in [2.24, 2.45) is 0 Å². The van der Waals surface area contributed by atoms with Gasteiger partial charge in [-0.2, -0.15) is 0 Å². The number of benzene rings is 1. The molecule has 0 radical (unpaired) electrons. The molecule has 1 aromatic carbocycles. The molecule has 3 rings (SSSR count). The molecule has 0 saturated heterocycles. The zero-order valence-electron chi connectivity index (χ0n) is 12.3. The molecule has 1 N–H and O–H groups in total. The predicted octanol–water partition coefficient (Wildman–Crippen LogP) is 4.08. The normalized spacial score (nSPS) is 11.2. The largest absolute Gasteiger partial charge is 0.279 e. The lowest BCUT2D eigenvalue weighted by atomic mass is 10.4. The molecule has 0 amide bonds. The fourth-order valence-corrected chi connectivity index (χ4v) is 4.26. The lowest BCUT2D eigenvalue weighted by Gasteiger charge is -2.10. The molecule has 0 unspecified atom stereocenters. The number of hydrogen-bond acceptors (Lipinski definition) is 5. The van der Waals surface area contributed by atoms with Crippen LogP contribution in [0.15, 0.2) is 81.9 Å². The van der Waals surface area contributed by atoms with Crippen LogP contribution in [0.5, 0.6) is 0 Å². The molecule has 0 aliphatic heterocycles. The van der Waals surface area contributed by atoms with E-state index in [0.717, 1.165) is 5.03 Å². The maximum absolute atomic E-state index is 12.5. The van der Waals surface area contributed by atoms with Gasteiger partial charge in [0.15, 0.2) is 0 Å². The molecule has 3 aromatic rings. The van der Waals surface area contributed by atoms with Gasteiger partial charge in [0.25, 0.3) is 10.0 Å². The van der Waals surface area contributed by atoms with Gasteiger partial charge in [-0.05, 0) is 36.4 Å². The SMILES string of the molecule is O=S(=O)(Nc1ccnc(Sc2ccccn2)c1)c1ccccc1Cl. The van der Waals surface area contributed by atoms with Gasteiger partial charge in [-0.3, -0.25) is 4.72 Å². The van der Waals surface area contributed by atoms with Crippen molar-refractivity contribution in [2.45, 2.75) is 14.9 Å². The number of pyridine rings is 2. The summed E-state index contributed by atoms with van der Waals surface area (Å²) in [7, 11) is -3.77. The second-order valence-electron chi connectivity index (χ2n) is 4.69. The van der Waals surface area contributed by atoms with E-state index >= 15 is 0 Å². The first kappa shape index (κ1) is 16.8. The van der Waals surface area contributed by atoms with Crippen LogP contribution in [0.3, 0.4) is 0 Å². The highest BCUT2D eigenvalue weighted by Gasteiger charge is 2.17. The monoisotopic (exact) mass is 377 g/mol. The van der Waals surface area contributed by atoms with Crippen LogP contribution in [0.25, 0.3) is 0 Å². The standard InChI is InChI=1S/C16H12ClN3O2S2/c17-13-5-1-2-6-14(13)24(21,22)20-12-8-10-19-16(11-12)23-15-7-3-4-9-18-15/h1-11H,(H,19,20). The van der Waals surface area contributed by atoms with Crippen molar-refractivity contribution in [3.8, 4) is 0 Å². The Morgan fingerprint density at radius 2 is 1.67 bits per heavy atom. The molecule has 0 atom stereocenters. The van der Waals surface area contributed by atoms with Gasteiger partial charge in [0.1, 0.15) is 14.9 Å². The molecule has 2 heterocycles. The number of halogens is 1. The van der Waals surface area contributed by atoms with Crippen molar-refractivity contribution in [2.75, 3.05) is 4.72 Å². The fraction of sp³-hybridized carbons (Fsp3) is 0. The van der Waals surface area contributed by atoms with E-state index < -0.39 is 10.0 Å². The van der Waals surface area contributed by atoms with Crippen LogP contribution in [0.2, 0.25) is 5.02 Å². The van der Waals surface area contributed by atoms with E-state index in [2.05, 4.69) is 14.7 Å². The zero-order chi connectivity index (χ0) is 17.0. The van der Waals surface area contributed by atoms with Gasteiger partial charge in [0, 0.05) is 12.4 Å². The number of anilines is 1. The summed E-state index contributed by atoms with van der Waals surface area (Å²) in [6.07, 6.45) is 3.22. The Hall–Kier alpha value is -2.09. The molecular formula is C16H12ClN3O2S2. The minimum atomic E-state index is -3.77. The van der Waals surface area contributed by atoms with Crippen LogP contribution in [0, 0.1) is 0 Å². The van der Waals surface area contributed by atoms with Gasteiger partial charge in [-0.25, -0.2) is 18.4 Å². The number of nitrogens with one attached hydrogen (secondary N) is 1. The summed E-state index contributed by atoms with van der Waals surface area (Å²) in [5.74, 6) is 0. The number of aromatic nitrogens is 2. The van der Waals surface area contributed by atoms with Crippen LogP contribution in [-0.4, -0.2) is 18.4 Å². The number of hydrogen-bond donors (Lipinski definition) is 1. The average molecular weight is 378 g/mol. The molecule has 0 aliphatic carbocycles. The maximum Gasteiger partial charge on any atom is 0.263 e. The quantitative estimate of drug-likeness (QED) is 0.725. The van der Waals surface area contributed by atoms with Gasteiger partial charge in [0.05, 0.1) is 10.7 Å². The van der Waals surface area contributed by atoms with Gasteiger partial charge in [-0.15, -0.1) is 0 Å². The van der Waals surface area contributed by atoms with E-state index in [1.165, 1.54) is 30.1 Å². The lowest BCUT2D eigenvalue weighted by Crippen LogP contribution is -2.13. The Labute approximate surface area is 149 Å². The zero-order valence-corrected chi connectivity index (χ0v) is 14.6. The van der Waals surface area contributed by atoms with Crippen LogP contribution in [0.4, 0.5) is 5.69 Å². The van der Waals surface area contributed by atoms with Crippen molar-refractivity contribution < 1.29 is 8.42 Å². The summed E-state index contributed by atoms with van der Waals surface area (Å²) in [5.41, 5.74) is 0.406. The summed E-state index contributed by atoms with van der Waals surface area (Å²) in [5, 5.41) is 1.58. The van der Waals surface area contributed by atoms with Crippen molar-refractivity contribution in [1.82, 2.24) is 9.97 Å². The molecule has 2 aromatic heterocycles. The van der Waals surface area contributed by atoms with E-state index in [1.54, 1.807) is 30.5 Å². The molecule has 5 nitrogen and oxygen atoms in total. The van der Waals surface area contributed by atoms with Gasteiger partial charge >= 0.3 is 0 Å². The molecule has 0 bridgehead atoms. The second-order valence-corrected chi connectivity index (χ2v) is 7.79. The molecule has 122 valence electrons. The Balaban J connectivity index is 1.83. The number of nitrogens with zero attached hydrogens (tertiary/aromatic N) is 2. The Morgan fingerprint density at radius 1 is 0.917 bits per heavy atom. The predicted molar refractivity (Wildman–Crippen MR) is 94.9 cm³/mol. The average Bonchev–Trinajstić information content (AvgIpc) is 2.56. The molecular weight excluding hydrogens is 366 g/mol. The minimum absolute atomic E-state index is 0.0300. The van der Waals surface area contributed by atoms with Gasteiger partial charge in [0.2, 0.25) is 0 Å². The summed E-state index contributed by atoms with van der Waals surface area (Å²) in [6.45, 7) is 0. The topological polar surface area (TPSA) is 72.0 Å². The Kier molecular flexibility index (Phi) is 5.03. The number of rotatable bonds is 5. The third-order valence-electron chi connectivity index (χ3n) is 2.96. The first-order valence-electron chi connectivity index (χ1n) is 6.87. The summed E-state index contributed by atoms with van der Waals surface area (Å²) in [4.78, 5) is 8.45. The third kappa shape index (κ3) is 4.05. The van der Waals surface area contributed by atoms with Crippen LogP contribution in [-0.2, 0) is 10.0 Å². The smallest absolute Gasteiger partial charge is 0.263 e. The molecule has 24 heavy (non-hydrogen) atoms. The summed E-state index contributed by atoms with van der Waals surface area (Å²) >= 11 is 7.31. The molecule has 8 heteroatoms. The first-order chi connectivity index (χ1) is 11.5. The van der Waals surface area contributed by atoms with E-state index in [0.29, 0.717) is 10.7 Å². The number of sulfonamides is 1. The highest BCUT2D eigenvalue weighted by molar-refractivity contribution is 7.99. The van der Waals surface area contributed by atoms with Crippen LogP contribution in [0.1, 0.15) is 0 Å². The van der Waals surface area contributed by atoms with Crippen molar-refractivity contribution in [1.29, 1.82) is 0 Å². The maximum atomic E-state index is 12.5. The van der Waals surface area contributed by atoms with Crippen LogP contribution < -0.4 is 4.72 Å². The van der Waals surface area contributed by atoms with Crippen molar-refractivity contribution >= 4 is 39.1 Å². The highest BCUT2D eigenvalue weighted by atomic mass is 35.5. The molecule has 0 fully saturated rings. The Morgan fingerprint density at radius 3 is 2.42 bits per heavy atom. The van der Waals surface area contributed by atoms with Crippen LogP contribution >= 0.6 is 23.4 Å². The molecule has 0 spiro atoms. The third-order valence-corrected chi connectivity index (χ3v) is 5.72. The van der Waals surface area contributed by atoms with Crippen molar-refractivity contribution in [3.05, 3.63) is 72.0 Å². The van der Waals surface area contributed by atoms with Gasteiger partial charge in [-0.1, -0.05) is 41.6 Å². The van der Waals surface area contributed by atoms with E-state index in [9.17, 15) is 8.42 Å². The molecule has 0 aliphatic rings. The second kappa shape index (κ2) is 7.21. The minimum Gasteiger partial charge on any atom is -0.279 e. The van der Waals surface area contributed by atoms with E-state index in [4.69, 9.17) is 11.6 Å². The summed E-state index contributed by atoms with van der Waals surface area (Å²) in [6, 6.07) is 15.1. The van der Waals surface area contributed by atoms with Gasteiger partial charge < -0.3 is 0 Å². The van der Waals surface area contributed by atoms with E-state index in [-0.39, 0.29) is 9.92 Å². The first-order valence-corrected chi connectivity index (χ1v) is 9.55.